The smallest absolute Gasteiger partial charge is 0.471 e. The van der Waals surface area contributed by atoms with Crippen LogP contribution in [0, 0.1) is 0 Å². The molecule has 0 saturated carbocycles. The lowest BCUT2D eigenvalue weighted by Gasteiger charge is -2.11. The lowest BCUT2D eigenvalue weighted by molar-refractivity contribution is -0.167. The van der Waals surface area contributed by atoms with Gasteiger partial charge in [0.25, 0.3) is 0 Å². The Morgan fingerprint density at radius 2 is 2.06 bits per heavy atom. The third-order valence-corrected chi connectivity index (χ3v) is 2.56. The Bertz CT molecular complexity index is 542. The summed E-state index contributed by atoms with van der Waals surface area (Å²) in [7, 11) is 0. The van der Waals surface area contributed by atoms with Crippen molar-refractivity contribution in [1.29, 1.82) is 0 Å². The van der Waals surface area contributed by atoms with Gasteiger partial charge in [0.05, 0.1) is 16.3 Å². The summed E-state index contributed by atoms with van der Waals surface area (Å²) in [6.07, 6.45) is -5.06. The molecule has 1 aromatic carbocycles. The number of benzene rings is 1. The zero-order valence-corrected chi connectivity index (χ0v) is 9.35. The number of rotatable bonds is 1. The summed E-state index contributed by atoms with van der Waals surface area (Å²) in [5, 5.41) is 1.42. The minimum Gasteiger partial charge on any atom is -0.485 e. The molecule has 1 N–H and O–H groups in total. The Hall–Kier alpha value is -1.76. The van der Waals surface area contributed by atoms with Crippen LogP contribution < -0.4 is 10.1 Å². The van der Waals surface area contributed by atoms with Crippen molar-refractivity contribution in [3.63, 3.8) is 0 Å². The molecule has 0 atom stereocenters. The molecule has 0 aromatic heterocycles. The number of anilines is 1. The first-order chi connectivity index (χ1) is 8.30. The number of ketones is 1. The van der Waals surface area contributed by atoms with Gasteiger partial charge in [0.1, 0.15) is 5.75 Å². The van der Waals surface area contributed by atoms with Gasteiger partial charge in [-0.2, -0.15) is 13.2 Å². The van der Waals surface area contributed by atoms with Crippen LogP contribution in [0.25, 0.3) is 0 Å². The van der Waals surface area contributed by atoms with E-state index in [4.69, 9.17) is 16.3 Å². The van der Waals surface area contributed by atoms with E-state index in [2.05, 4.69) is 0 Å². The van der Waals surface area contributed by atoms with Crippen LogP contribution in [-0.4, -0.2) is 24.5 Å². The first-order valence-corrected chi connectivity index (χ1v) is 5.05. The predicted molar refractivity (Wildman–Crippen MR) is 56.0 cm³/mol. The van der Waals surface area contributed by atoms with E-state index in [0.717, 1.165) is 0 Å². The summed E-state index contributed by atoms with van der Waals surface area (Å²) in [6.45, 7) is -0.287. The second kappa shape index (κ2) is 4.16. The van der Waals surface area contributed by atoms with E-state index in [1.807, 2.05) is 0 Å². The number of carbonyl (C=O) groups excluding carboxylic acids is 2. The number of alkyl halides is 3. The van der Waals surface area contributed by atoms with Crippen LogP contribution in [0.3, 0.4) is 0 Å². The lowest BCUT2D eigenvalue weighted by Crippen LogP contribution is -2.30. The van der Waals surface area contributed by atoms with Crippen molar-refractivity contribution in [2.45, 2.75) is 6.18 Å². The van der Waals surface area contributed by atoms with Crippen LogP contribution in [0.2, 0.25) is 5.02 Å². The molecule has 0 aliphatic carbocycles. The van der Waals surface area contributed by atoms with Gasteiger partial charge in [0, 0.05) is 0 Å². The Labute approximate surface area is 104 Å². The van der Waals surface area contributed by atoms with Gasteiger partial charge in [-0.05, 0) is 12.1 Å². The number of ether oxygens (including phenoxy) is 1. The van der Waals surface area contributed by atoms with Gasteiger partial charge >= 0.3 is 12.1 Å². The molecule has 0 unspecified atom stereocenters. The van der Waals surface area contributed by atoms with E-state index in [1.54, 1.807) is 5.32 Å². The minimum absolute atomic E-state index is 0.0990. The van der Waals surface area contributed by atoms with Gasteiger partial charge in [-0.1, -0.05) is 11.6 Å². The van der Waals surface area contributed by atoms with E-state index in [0.29, 0.717) is 0 Å². The quantitative estimate of drug-likeness (QED) is 0.859. The van der Waals surface area contributed by atoms with Crippen molar-refractivity contribution in [3.8, 4) is 5.75 Å². The topological polar surface area (TPSA) is 55.4 Å². The third kappa shape index (κ3) is 2.13. The Kier molecular flexibility index (Phi) is 2.94. The van der Waals surface area contributed by atoms with Crippen LogP contribution in [0.5, 0.6) is 5.75 Å². The molecular formula is C10H5ClF3NO3. The summed E-state index contributed by atoms with van der Waals surface area (Å²) in [5.74, 6) is -2.63. The molecule has 1 aliphatic rings. The summed E-state index contributed by atoms with van der Waals surface area (Å²) >= 11 is 5.68. The van der Waals surface area contributed by atoms with Crippen LogP contribution >= 0.6 is 11.6 Å². The highest BCUT2D eigenvalue weighted by Crippen LogP contribution is 2.37. The highest BCUT2D eigenvalue weighted by Gasteiger charge is 2.40. The first kappa shape index (κ1) is 12.7. The monoisotopic (exact) mass is 279 g/mol. The number of halogens is 4. The van der Waals surface area contributed by atoms with Gasteiger partial charge in [-0.3, -0.25) is 9.59 Å². The molecule has 18 heavy (non-hydrogen) atoms. The van der Waals surface area contributed by atoms with Crippen LogP contribution in [0.15, 0.2) is 12.1 Å². The highest BCUT2D eigenvalue weighted by molar-refractivity contribution is 6.35. The summed E-state index contributed by atoms with van der Waals surface area (Å²) in [4.78, 5) is 22.3. The molecule has 1 amide bonds. The second-order valence-corrected chi connectivity index (χ2v) is 3.87. The van der Waals surface area contributed by atoms with E-state index in [9.17, 15) is 22.8 Å². The standard InChI is InChI=1S/C10H5ClF3NO3/c11-4-1-2-6-7(5(16)3-18-6)8(4)15-9(17)10(12,13)14/h1-2H,3H2,(H,15,17). The van der Waals surface area contributed by atoms with Crippen molar-refractivity contribution >= 4 is 29.0 Å². The molecule has 8 heteroatoms. The fourth-order valence-corrected chi connectivity index (χ4v) is 1.68. The average molecular weight is 280 g/mol. The Morgan fingerprint density at radius 1 is 1.39 bits per heavy atom. The fourth-order valence-electron chi connectivity index (χ4n) is 1.48. The second-order valence-electron chi connectivity index (χ2n) is 3.46. The van der Waals surface area contributed by atoms with E-state index >= 15 is 0 Å². The normalized spacial score (nSPS) is 14.1. The molecule has 1 heterocycles. The van der Waals surface area contributed by atoms with Gasteiger partial charge in [-0.25, -0.2) is 0 Å². The average Bonchev–Trinajstić information content (AvgIpc) is 2.63. The highest BCUT2D eigenvalue weighted by atomic mass is 35.5. The van der Waals surface area contributed by atoms with Gasteiger partial charge in [-0.15, -0.1) is 0 Å². The number of hydrogen-bond acceptors (Lipinski definition) is 3. The molecule has 1 aliphatic heterocycles. The number of fused-ring (bicyclic) bond motifs is 1. The van der Waals surface area contributed by atoms with Gasteiger partial charge < -0.3 is 10.1 Å². The van der Waals surface area contributed by atoms with Crippen LogP contribution in [0.4, 0.5) is 18.9 Å². The van der Waals surface area contributed by atoms with Gasteiger partial charge in [0.2, 0.25) is 5.78 Å². The van der Waals surface area contributed by atoms with Crippen molar-refractivity contribution in [2.24, 2.45) is 0 Å². The van der Waals surface area contributed by atoms with E-state index in [1.165, 1.54) is 12.1 Å². The van der Waals surface area contributed by atoms with E-state index < -0.39 is 17.9 Å². The van der Waals surface area contributed by atoms with E-state index in [-0.39, 0.29) is 28.6 Å². The number of carbonyl (C=O) groups is 2. The Morgan fingerprint density at radius 3 is 2.67 bits per heavy atom. The zero-order valence-electron chi connectivity index (χ0n) is 8.60. The maximum Gasteiger partial charge on any atom is 0.471 e. The summed E-state index contributed by atoms with van der Waals surface area (Å²) < 4.78 is 41.4. The van der Waals surface area contributed by atoms with Crippen molar-refractivity contribution in [1.82, 2.24) is 0 Å². The molecule has 2 rings (SSSR count). The van der Waals surface area contributed by atoms with Crippen LogP contribution in [-0.2, 0) is 4.79 Å². The van der Waals surface area contributed by atoms with Crippen molar-refractivity contribution in [3.05, 3.63) is 22.7 Å². The number of nitrogens with one attached hydrogen (secondary N) is 1. The maximum absolute atomic E-state index is 12.1. The van der Waals surface area contributed by atoms with Crippen LogP contribution in [0.1, 0.15) is 10.4 Å². The molecule has 0 fully saturated rings. The Balaban J connectivity index is 2.43. The number of Topliss-reactive ketones (excluding diaryl/α,β-unsaturated/α-hetero) is 1. The number of hydrogen-bond donors (Lipinski definition) is 1. The first-order valence-electron chi connectivity index (χ1n) is 4.67. The van der Waals surface area contributed by atoms with Crippen molar-refractivity contribution < 1.29 is 27.5 Å². The molecule has 0 saturated heterocycles. The molecule has 0 bridgehead atoms. The zero-order chi connectivity index (χ0) is 13.5. The SMILES string of the molecule is O=C1COc2ccc(Cl)c(NC(=O)C(F)(F)F)c21. The molecule has 0 radical (unpaired) electrons. The third-order valence-electron chi connectivity index (χ3n) is 2.25. The summed E-state index contributed by atoms with van der Waals surface area (Å²) in [6, 6.07) is 2.59. The molecule has 4 nitrogen and oxygen atoms in total. The minimum atomic E-state index is -5.06. The van der Waals surface area contributed by atoms with Gasteiger partial charge in [0.15, 0.2) is 6.61 Å². The summed E-state index contributed by atoms with van der Waals surface area (Å²) in [5.41, 5.74) is -0.515. The molecule has 1 aromatic rings. The molecule has 0 spiro atoms. The molecular weight excluding hydrogens is 275 g/mol. The largest absolute Gasteiger partial charge is 0.485 e. The van der Waals surface area contributed by atoms with Crippen molar-refractivity contribution in [2.75, 3.05) is 11.9 Å². The predicted octanol–water partition coefficient (Wildman–Crippen LogP) is 2.42. The lowest BCUT2D eigenvalue weighted by atomic mass is 10.1. The fraction of sp³-hybridized carbons (Fsp3) is 0.200. The molecule has 96 valence electrons. The maximum atomic E-state index is 12.1. The number of amides is 1.